The Labute approximate surface area is 109 Å². The number of nitrogens with one attached hydrogen (secondary N) is 1. The van der Waals surface area contributed by atoms with Crippen molar-refractivity contribution in [1.82, 2.24) is 4.90 Å². The highest BCUT2D eigenvalue weighted by molar-refractivity contribution is 5.93. The number of aryl methyl sites for hydroxylation is 2. The number of anilines is 1. The van der Waals surface area contributed by atoms with Crippen LogP contribution in [0.5, 0.6) is 0 Å². The van der Waals surface area contributed by atoms with Gasteiger partial charge in [0.25, 0.3) is 0 Å². The van der Waals surface area contributed by atoms with Crippen molar-refractivity contribution in [2.24, 2.45) is 0 Å². The van der Waals surface area contributed by atoms with Crippen LogP contribution in [0.1, 0.15) is 25.0 Å². The highest BCUT2D eigenvalue weighted by Gasteiger charge is 2.09. The fraction of sp³-hybridized carbons (Fsp3) is 0.500. The minimum atomic E-state index is 0. The molecule has 0 bridgehead atoms. The van der Waals surface area contributed by atoms with Gasteiger partial charge in [0.05, 0.1) is 6.54 Å². The van der Waals surface area contributed by atoms with E-state index in [2.05, 4.69) is 24.1 Å². The quantitative estimate of drug-likeness (QED) is 0.867. The summed E-state index contributed by atoms with van der Waals surface area (Å²) >= 11 is 0. The molecule has 18 heavy (non-hydrogen) atoms. The monoisotopic (exact) mass is 252 g/mol. The van der Waals surface area contributed by atoms with Crippen LogP contribution in [0, 0.1) is 13.8 Å². The van der Waals surface area contributed by atoms with Gasteiger partial charge in [-0.25, -0.2) is 0 Å². The topological polar surface area (TPSA) is 63.8 Å². The van der Waals surface area contributed by atoms with Gasteiger partial charge in [-0.3, -0.25) is 9.69 Å². The Hall–Kier alpha value is -1.39. The molecule has 0 aliphatic rings. The van der Waals surface area contributed by atoms with E-state index in [9.17, 15) is 4.79 Å². The van der Waals surface area contributed by atoms with Crippen molar-refractivity contribution in [2.75, 3.05) is 25.0 Å². The lowest BCUT2D eigenvalue weighted by molar-refractivity contribution is -0.117. The summed E-state index contributed by atoms with van der Waals surface area (Å²) in [4.78, 5) is 14.0. The first-order valence-electron chi connectivity index (χ1n) is 6.16. The van der Waals surface area contributed by atoms with E-state index < -0.39 is 0 Å². The lowest BCUT2D eigenvalue weighted by atomic mass is 10.1. The van der Waals surface area contributed by atoms with Crippen molar-refractivity contribution in [3.05, 3.63) is 29.3 Å². The van der Waals surface area contributed by atoms with Crippen molar-refractivity contribution < 1.29 is 10.3 Å². The first-order valence-corrected chi connectivity index (χ1v) is 6.16. The van der Waals surface area contributed by atoms with Gasteiger partial charge in [0, 0.05) is 5.69 Å². The number of para-hydroxylation sites is 1. The van der Waals surface area contributed by atoms with Gasteiger partial charge in [0.1, 0.15) is 0 Å². The molecule has 0 aliphatic heterocycles. The second-order valence-corrected chi connectivity index (χ2v) is 4.28. The molecule has 0 heterocycles. The van der Waals surface area contributed by atoms with Crippen LogP contribution in [-0.2, 0) is 4.79 Å². The summed E-state index contributed by atoms with van der Waals surface area (Å²) in [7, 11) is 0. The Morgan fingerprint density at radius 2 is 1.67 bits per heavy atom. The van der Waals surface area contributed by atoms with E-state index >= 15 is 0 Å². The number of hydrogen-bond acceptors (Lipinski definition) is 2. The predicted octanol–water partition coefficient (Wildman–Crippen LogP) is 1.76. The highest BCUT2D eigenvalue weighted by Crippen LogP contribution is 2.19. The zero-order chi connectivity index (χ0) is 12.8. The van der Waals surface area contributed by atoms with E-state index in [0.717, 1.165) is 29.9 Å². The molecule has 0 fully saturated rings. The molecule has 4 nitrogen and oxygen atoms in total. The van der Waals surface area contributed by atoms with Crippen molar-refractivity contribution in [3.63, 3.8) is 0 Å². The molecule has 0 atom stereocenters. The summed E-state index contributed by atoms with van der Waals surface area (Å²) in [5, 5.41) is 3.00. The molecule has 0 aromatic heterocycles. The average Bonchev–Trinajstić information content (AvgIpc) is 2.31. The van der Waals surface area contributed by atoms with Crippen LogP contribution in [-0.4, -0.2) is 35.9 Å². The van der Waals surface area contributed by atoms with E-state index in [1.165, 1.54) is 0 Å². The Bertz CT molecular complexity index is 367. The second kappa shape index (κ2) is 7.84. The molecule has 0 saturated carbocycles. The summed E-state index contributed by atoms with van der Waals surface area (Å²) in [6.07, 6.45) is 0. The number of likely N-dealkylation sites (N-methyl/N-ethyl adjacent to an activating group) is 1. The molecular formula is C14H24N2O2. The second-order valence-electron chi connectivity index (χ2n) is 4.28. The molecule has 3 N–H and O–H groups in total. The summed E-state index contributed by atoms with van der Waals surface area (Å²) in [6, 6.07) is 6.03. The Balaban J connectivity index is 0.00000289. The molecule has 0 radical (unpaired) electrons. The van der Waals surface area contributed by atoms with Crippen LogP contribution in [0.3, 0.4) is 0 Å². The van der Waals surface area contributed by atoms with Crippen molar-refractivity contribution in [2.45, 2.75) is 27.7 Å². The third kappa shape index (κ3) is 4.47. The molecule has 0 saturated heterocycles. The predicted molar refractivity (Wildman–Crippen MR) is 75.9 cm³/mol. The summed E-state index contributed by atoms with van der Waals surface area (Å²) in [6.45, 7) is 10.4. The standard InChI is InChI=1S/C14H22N2O.H2O/c1-5-16(6-2)10-13(17)15-14-11(3)8-7-9-12(14)4;/h7-9H,5-6,10H2,1-4H3,(H,15,17);1H2. The molecule has 0 unspecified atom stereocenters. The molecule has 0 aliphatic carbocycles. The smallest absolute Gasteiger partial charge is 0.238 e. The van der Waals surface area contributed by atoms with E-state index in [0.29, 0.717) is 6.54 Å². The van der Waals surface area contributed by atoms with Gasteiger partial charge in [-0.1, -0.05) is 32.0 Å². The fourth-order valence-electron chi connectivity index (χ4n) is 1.84. The summed E-state index contributed by atoms with van der Waals surface area (Å²) in [5.41, 5.74) is 3.17. The number of rotatable bonds is 5. The first kappa shape index (κ1) is 16.6. The van der Waals surface area contributed by atoms with Gasteiger partial charge in [-0.2, -0.15) is 0 Å². The van der Waals surface area contributed by atoms with Gasteiger partial charge >= 0.3 is 0 Å². The van der Waals surface area contributed by atoms with E-state index in [-0.39, 0.29) is 11.4 Å². The zero-order valence-corrected chi connectivity index (χ0v) is 11.7. The van der Waals surface area contributed by atoms with Crippen LogP contribution in [0.15, 0.2) is 18.2 Å². The third-order valence-corrected chi connectivity index (χ3v) is 3.01. The average molecular weight is 252 g/mol. The van der Waals surface area contributed by atoms with E-state index in [4.69, 9.17) is 0 Å². The minimum Gasteiger partial charge on any atom is -0.412 e. The van der Waals surface area contributed by atoms with Gasteiger partial charge in [0.15, 0.2) is 0 Å². The lowest BCUT2D eigenvalue weighted by Gasteiger charge is -2.18. The molecule has 0 spiro atoms. The zero-order valence-electron chi connectivity index (χ0n) is 11.7. The molecular weight excluding hydrogens is 228 g/mol. The van der Waals surface area contributed by atoms with Crippen LogP contribution >= 0.6 is 0 Å². The number of carbonyl (C=O) groups is 1. The van der Waals surface area contributed by atoms with E-state index in [1.807, 2.05) is 32.0 Å². The Kier molecular flexibility index (Phi) is 7.24. The molecule has 1 amide bonds. The van der Waals surface area contributed by atoms with Crippen molar-refractivity contribution in [3.8, 4) is 0 Å². The number of hydrogen-bond donors (Lipinski definition) is 1. The first-order chi connectivity index (χ1) is 8.08. The van der Waals surface area contributed by atoms with Gasteiger partial charge in [-0.05, 0) is 38.1 Å². The SMILES string of the molecule is CCN(CC)CC(=O)Nc1c(C)cccc1C.O. The number of benzene rings is 1. The molecule has 102 valence electrons. The van der Waals surface area contributed by atoms with E-state index in [1.54, 1.807) is 0 Å². The van der Waals surface area contributed by atoms with Crippen LogP contribution in [0.2, 0.25) is 0 Å². The van der Waals surface area contributed by atoms with Crippen LogP contribution in [0.25, 0.3) is 0 Å². The molecule has 4 heteroatoms. The largest absolute Gasteiger partial charge is 0.412 e. The summed E-state index contributed by atoms with van der Waals surface area (Å²) in [5.74, 6) is 0.0612. The normalized spacial score (nSPS) is 10.1. The number of carbonyl (C=O) groups excluding carboxylic acids is 1. The van der Waals surface area contributed by atoms with Gasteiger partial charge in [-0.15, -0.1) is 0 Å². The maximum absolute atomic E-state index is 11.9. The number of amides is 1. The lowest BCUT2D eigenvalue weighted by Crippen LogP contribution is -2.33. The van der Waals surface area contributed by atoms with Gasteiger partial charge < -0.3 is 10.8 Å². The highest BCUT2D eigenvalue weighted by atomic mass is 16.2. The third-order valence-electron chi connectivity index (χ3n) is 3.01. The molecule has 1 aromatic carbocycles. The Morgan fingerprint density at radius 1 is 1.17 bits per heavy atom. The maximum Gasteiger partial charge on any atom is 0.238 e. The van der Waals surface area contributed by atoms with Crippen LogP contribution < -0.4 is 5.32 Å². The fourth-order valence-corrected chi connectivity index (χ4v) is 1.84. The number of nitrogens with zero attached hydrogens (tertiary/aromatic N) is 1. The minimum absolute atomic E-state index is 0. The summed E-state index contributed by atoms with van der Waals surface area (Å²) < 4.78 is 0. The molecule has 1 rings (SSSR count). The van der Waals surface area contributed by atoms with Crippen LogP contribution in [0.4, 0.5) is 5.69 Å². The van der Waals surface area contributed by atoms with Crippen molar-refractivity contribution >= 4 is 11.6 Å². The Morgan fingerprint density at radius 3 is 2.11 bits per heavy atom. The maximum atomic E-state index is 11.9. The van der Waals surface area contributed by atoms with Gasteiger partial charge in [0.2, 0.25) is 5.91 Å². The van der Waals surface area contributed by atoms with Crippen molar-refractivity contribution in [1.29, 1.82) is 0 Å². The molecule has 1 aromatic rings.